The van der Waals surface area contributed by atoms with Crippen LogP contribution in [-0.4, -0.2) is 25.0 Å². The minimum atomic E-state index is 0. The van der Waals surface area contributed by atoms with E-state index in [2.05, 4.69) is 17.6 Å². The van der Waals surface area contributed by atoms with Crippen LogP contribution in [0, 0.1) is 11.8 Å². The maximum absolute atomic E-state index is 11.9. The first-order valence-electron chi connectivity index (χ1n) is 6.28. The third-order valence-corrected chi connectivity index (χ3v) is 3.84. The Labute approximate surface area is 104 Å². The number of piperidine rings is 1. The lowest BCUT2D eigenvalue weighted by Gasteiger charge is -2.31. The lowest BCUT2D eigenvalue weighted by Crippen LogP contribution is -2.49. The van der Waals surface area contributed by atoms with E-state index in [-0.39, 0.29) is 12.4 Å². The Hall–Kier alpha value is -0.280. The van der Waals surface area contributed by atoms with E-state index >= 15 is 0 Å². The van der Waals surface area contributed by atoms with E-state index in [0.29, 0.717) is 23.8 Å². The number of amides is 1. The molecular formula is C12H23ClN2O. The van der Waals surface area contributed by atoms with Crippen LogP contribution in [0.1, 0.15) is 39.0 Å². The summed E-state index contributed by atoms with van der Waals surface area (Å²) in [5.41, 5.74) is 0. The summed E-state index contributed by atoms with van der Waals surface area (Å²) in [7, 11) is 0. The predicted octanol–water partition coefficient (Wildman–Crippen LogP) is 1.71. The van der Waals surface area contributed by atoms with Crippen LogP contribution < -0.4 is 10.6 Å². The van der Waals surface area contributed by atoms with Crippen LogP contribution in [0.15, 0.2) is 0 Å². The van der Waals surface area contributed by atoms with Crippen LogP contribution >= 0.6 is 12.4 Å². The molecule has 0 bridgehead atoms. The maximum Gasteiger partial charge on any atom is 0.223 e. The summed E-state index contributed by atoms with van der Waals surface area (Å²) in [5.74, 6) is 1.20. The summed E-state index contributed by atoms with van der Waals surface area (Å²) in [5, 5.41) is 6.59. The summed E-state index contributed by atoms with van der Waals surface area (Å²) in [6.45, 7) is 4.29. The number of rotatable bonds is 2. The molecule has 2 N–H and O–H groups in total. The number of hydrogen-bond acceptors (Lipinski definition) is 2. The van der Waals surface area contributed by atoms with Gasteiger partial charge in [0.15, 0.2) is 0 Å². The molecule has 2 aliphatic rings. The van der Waals surface area contributed by atoms with Gasteiger partial charge in [0.25, 0.3) is 0 Å². The highest BCUT2D eigenvalue weighted by Crippen LogP contribution is 2.25. The molecule has 2 atom stereocenters. The summed E-state index contributed by atoms with van der Waals surface area (Å²) >= 11 is 0. The molecule has 2 unspecified atom stereocenters. The Balaban J connectivity index is 0.00000128. The summed E-state index contributed by atoms with van der Waals surface area (Å²) < 4.78 is 0. The lowest BCUT2D eigenvalue weighted by atomic mass is 9.94. The molecule has 1 heterocycles. The molecular weight excluding hydrogens is 224 g/mol. The highest BCUT2D eigenvalue weighted by Gasteiger charge is 2.27. The lowest BCUT2D eigenvalue weighted by molar-refractivity contribution is -0.126. The van der Waals surface area contributed by atoms with Gasteiger partial charge in [-0.1, -0.05) is 19.8 Å². The van der Waals surface area contributed by atoms with E-state index in [1.54, 1.807) is 0 Å². The van der Waals surface area contributed by atoms with Gasteiger partial charge in [0, 0.05) is 12.0 Å². The van der Waals surface area contributed by atoms with Crippen molar-refractivity contribution in [2.45, 2.75) is 45.1 Å². The van der Waals surface area contributed by atoms with Gasteiger partial charge in [-0.3, -0.25) is 4.79 Å². The number of hydrogen-bond donors (Lipinski definition) is 2. The zero-order chi connectivity index (χ0) is 10.7. The summed E-state index contributed by atoms with van der Waals surface area (Å²) in [6.07, 6.45) is 5.76. The third kappa shape index (κ3) is 3.36. The first-order chi connectivity index (χ1) is 7.27. The standard InChI is InChI=1S/C12H22N2O.ClH/c1-9-8-13-7-6-11(9)14-12(15)10-4-2-3-5-10;/h9-11,13H,2-8H2,1H3,(H,14,15);1H. The zero-order valence-electron chi connectivity index (χ0n) is 10.00. The highest BCUT2D eigenvalue weighted by molar-refractivity contribution is 5.85. The number of halogens is 1. The molecule has 0 radical (unpaired) electrons. The Kier molecular flexibility index (Phi) is 5.56. The van der Waals surface area contributed by atoms with Crippen molar-refractivity contribution in [2.75, 3.05) is 13.1 Å². The topological polar surface area (TPSA) is 41.1 Å². The quantitative estimate of drug-likeness (QED) is 0.779. The van der Waals surface area contributed by atoms with Gasteiger partial charge < -0.3 is 10.6 Å². The molecule has 0 aromatic rings. The minimum absolute atomic E-state index is 0. The van der Waals surface area contributed by atoms with Crippen molar-refractivity contribution in [3.05, 3.63) is 0 Å². The van der Waals surface area contributed by atoms with E-state index in [4.69, 9.17) is 0 Å². The molecule has 2 rings (SSSR count). The smallest absolute Gasteiger partial charge is 0.223 e. The van der Waals surface area contributed by atoms with Crippen LogP contribution in [-0.2, 0) is 4.79 Å². The Morgan fingerprint density at radius 1 is 1.25 bits per heavy atom. The molecule has 1 saturated heterocycles. The van der Waals surface area contributed by atoms with Gasteiger partial charge in [-0.05, 0) is 38.3 Å². The average Bonchev–Trinajstić information content (AvgIpc) is 2.74. The Morgan fingerprint density at radius 2 is 1.94 bits per heavy atom. The molecule has 1 saturated carbocycles. The fourth-order valence-electron chi connectivity index (χ4n) is 2.72. The van der Waals surface area contributed by atoms with Gasteiger partial charge in [0.1, 0.15) is 0 Å². The normalized spacial score (nSPS) is 30.8. The summed E-state index contributed by atoms with van der Waals surface area (Å²) in [6, 6.07) is 0.402. The second-order valence-corrected chi connectivity index (χ2v) is 5.07. The molecule has 0 spiro atoms. The first-order valence-corrected chi connectivity index (χ1v) is 6.28. The average molecular weight is 247 g/mol. The van der Waals surface area contributed by atoms with Gasteiger partial charge in [-0.25, -0.2) is 0 Å². The van der Waals surface area contributed by atoms with Gasteiger partial charge in [0.2, 0.25) is 5.91 Å². The number of carbonyl (C=O) groups excluding carboxylic acids is 1. The van der Waals surface area contributed by atoms with Crippen molar-refractivity contribution < 1.29 is 4.79 Å². The maximum atomic E-state index is 11.9. The van der Waals surface area contributed by atoms with E-state index in [1.165, 1.54) is 12.8 Å². The van der Waals surface area contributed by atoms with Gasteiger partial charge in [-0.2, -0.15) is 0 Å². The molecule has 0 aromatic carbocycles. The molecule has 3 nitrogen and oxygen atoms in total. The number of carbonyl (C=O) groups is 1. The van der Waals surface area contributed by atoms with E-state index in [9.17, 15) is 4.79 Å². The van der Waals surface area contributed by atoms with Gasteiger partial charge in [0.05, 0.1) is 0 Å². The van der Waals surface area contributed by atoms with Crippen LogP contribution in [0.2, 0.25) is 0 Å². The fraction of sp³-hybridized carbons (Fsp3) is 0.917. The largest absolute Gasteiger partial charge is 0.353 e. The van der Waals surface area contributed by atoms with Gasteiger partial charge >= 0.3 is 0 Å². The Bertz CT molecular complexity index is 229. The van der Waals surface area contributed by atoms with Crippen LogP contribution in [0.25, 0.3) is 0 Å². The highest BCUT2D eigenvalue weighted by atomic mass is 35.5. The third-order valence-electron chi connectivity index (χ3n) is 3.84. The zero-order valence-corrected chi connectivity index (χ0v) is 10.8. The van der Waals surface area contributed by atoms with Crippen molar-refractivity contribution in [1.82, 2.24) is 10.6 Å². The second kappa shape index (κ2) is 6.45. The number of nitrogens with one attached hydrogen (secondary N) is 2. The second-order valence-electron chi connectivity index (χ2n) is 5.07. The molecule has 0 aromatic heterocycles. The monoisotopic (exact) mass is 246 g/mol. The molecule has 1 aliphatic carbocycles. The predicted molar refractivity (Wildman–Crippen MR) is 67.8 cm³/mol. The van der Waals surface area contributed by atoms with Crippen molar-refractivity contribution in [3.8, 4) is 0 Å². The SMILES string of the molecule is CC1CNCCC1NC(=O)C1CCCC1.Cl. The Morgan fingerprint density at radius 3 is 2.56 bits per heavy atom. The molecule has 2 fully saturated rings. The minimum Gasteiger partial charge on any atom is -0.353 e. The first kappa shape index (κ1) is 13.8. The van der Waals surface area contributed by atoms with Gasteiger partial charge in [-0.15, -0.1) is 12.4 Å². The molecule has 1 aliphatic heterocycles. The van der Waals surface area contributed by atoms with Crippen molar-refractivity contribution in [2.24, 2.45) is 11.8 Å². The molecule has 16 heavy (non-hydrogen) atoms. The van der Waals surface area contributed by atoms with Crippen LogP contribution in [0.5, 0.6) is 0 Å². The fourth-order valence-corrected chi connectivity index (χ4v) is 2.72. The van der Waals surface area contributed by atoms with Crippen molar-refractivity contribution in [3.63, 3.8) is 0 Å². The summed E-state index contributed by atoms with van der Waals surface area (Å²) in [4.78, 5) is 11.9. The molecule has 94 valence electrons. The van der Waals surface area contributed by atoms with E-state index < -0.39 is 0 Å². The van der Waals surface area contributed by atoms with Crippen molar-refractivity contribution >= 4 is 18.3 Å². The van der Waals surface area contributed by atoms with Crippen LogP contribution in [0.3, 0.4) is 0 Å². The van der Waals surface area contributed by atoms with Crippen molar-refractivity contribution in [1.29, 1.82) is 0 Å². The molecule has 1 amide bonds. The molecule has 4 heteroatoms. The van der Waals surface area contributed by atoms with Crippen LogP contribution in [0.4, 0.5) is 0 Å². The van der Waals surface area contributed by atoms with E-state index in [0.717, 1.165) is 32.4 Å². The van der Waals surface area contributed by atoms with E-state index in [1.807, 2.05) is 0 Å².